The van der Waals surface area contributed by atoms with E-state index in [9.17, 15) is 18.5 Å². The maximum atomic E-state index is 12.9. The van der Waals surface area contributed by atoms with Crippen LogP contribution in [0.5, 0.6) is 0 Å². The molecule has 0 saturated heterocycles. The fourth-order valence-electron chi connectivity index (χ4n) is 2.39. The Morgan fingerprint density at radius 2 is 1.67 bits per heavy atom. The highest BCUT2D eigenvalue weighted by molar-refractivity contribution is 7.89. The molecule has 0 radical (unpaired) electrons. The number of rotatable bonds is 5. The summed E-state index contributed by atoms with van der Waals surface area (Å²) in [6, 6.07) is 10.1. The van der Waals surface area contributed by atoms with E-state index < -0.39 is 14.9 Å². The molecule has 0 fully saturated rings. The first-order valence-electron chi connectivity index (χ1n) is 7.40. The van der Waals surface area contributed by atoms with Crippen molar-refractivity contribution in [1.29, 1.82) is 0 Å². The van der Waals surface area contributed by atoms with Crippen molar-refractivity contribution in [3.63, 3.8) is 0 Å². The van der Waals surface area contributed by atoms with E-state index in [1.165, 1.54) is 17.4 Å². The average Bonchev–Trinajstić information content (AvgIpc) is 2.51. The first kappa shape index (κ1) is 18.1. The maximum absolute atomic E-state index is 12.9. The Hall–Kier alpha value is -2.25. The fourth-order valence-corrected chi connectivity index (χ4v) is 3.86. The Morgan fingerprint density at radius 3 is 2.21 bits per heavy atom. The smallest absolute Gasteiger partial charge is 0.258 e. The fraction of sp³-hybridized carbons (Fsp3) is 0.294. The Balaban J connectivity index is 2.42. The molecule has 0 aliphatic rings. The topological polar surface area (TPSA) is 80.5 Å². The number of nitrogens with zero attached hydrogens (tertiary/aromatic N) is 2. The lowest BCUT2D eigenvalue weighted by Gasteiger charge is -2.19. The van der Waals surface area contributed by atoms with Gasteiger partial charge in [0.25, 0.3) is 5.69 Å². The van der Waals surface area contributed by atoms with E-state index in [0.717, 1.165) is 17.2 Å². The van der Waals surface area contributed by atoms with Gasteiger partial charge >= 0.3 is 0 Å². The van der Waals surface area contributed by atoms with Crippen LogP contribution in [0.3, 0.4) is 0 Å². The van der Waals surface area contributed by atoms with Crippen molar-refractivity contribution in [3.05, 3.63) is 68.8 Å². The van der Waals surface area contributed by atoms with Gasteiger partial charge in [0.2, 0.25) is 10.0 Å². The molecule has 0 N–H and O–H groups in total. The van der Waals surface area contributed by atoms with E-state index >= 15 is 0 Å². The van der Waals surface area contributed by atoms with Crippen molar-refractivity contribution in [2.45, 2.75) is 32.2 Å². The molecule has 2 aromatic carbocycles. The number of aryl methyl sites for hydroxylation is 2. The largest absolute Gasteiger partial charge is 0.271 e. The van der Waals surface area contributed by atoms with Gasteiger partial charge in [0.05, 0.1) is 9.82 Å². The number of nitro groups is 1. The van der Waals surface area contributed by atoms with Gasteiger partial charge in [0.15, 0.2) is 0 Å². The van der Waals surface area contributed by atoms with Crippen molar-refractivity contribution >= 4 is 15.7 Å². The number of hydrogen-bond donors (Lipinski definition) is 0. The van der Waals surface area contributed by atoms with E-state index in [1.807, 2.05) is 31.2 Å². The van der Waals surface area contributed by atoms with Crippen molar-refractivity contribution in [2.75, 3.05) is 7.05 Å². The summed E-state index contributed by atoms with van der Waals surface area (Å²) in [7, 11) is -2.35. The lowest BCUT2D eigenvalue weighted by atomic mass is 10.1. The molecule has 0 aliphatic carbocycles. The van der Waals surface area contributed by atoms with E-state index in [2.05, 4.69) is 0 Å². The molecular formula is C17H20N2O4S. The second-order valence-corrected chi connectivity index (χ2v) is 7.90. The predicted octanol–water partition coefficient (Wildman–Crippen LogP) is 3.34. The van der Waals surface area contributed by atoms with Crippen molar-refractivity contribution in [3.8, 4) is 0 Å². The van der Waals surface area contributed by atoms with Crippen molar-refractivity contribution in [1.82, 2.24) is 4.31 Å². The van der Waals surface area contributed by atoms with Gasteiger partial charge in [-0.1, -0.05) is 29.8 Å². The van der Waals surface area contributed by atoms with E-state index in [0.29, 0.717) is 11.1 Å². The van der Waals surface area contributed by atoms with E-state index in [-0.39, 0.29) is 17.1 Å². The quantitative estimate of drug-likeness (QED) is 0.613. The summed E-state index contributed by atoms with van der Waals surface area (Å²) in [4.78, 5) is 10.4. The van der Waals surface area contributed by atoms with Crippen LogP contribution >= 0.6 is 0 Å². The van der Waals surface area contributed by atoms with Gasteiger partial charge < -0.3 is 0 Å². The van der Waals surface area contributed by atoms with Crippen LogP contribution in [0.2, 0.25) is 0 Å². The molecule has 2 aromatic rings. The van der Waals surface area contributed by atoms with Crippen LogP contribution in [-0.2, 0) is 16.6 Å². The molecule has 0 bridgehead atoms. The molecule has 24 heavy (non-hydrogen) atoms. The molecule has 7 heteroatoms. The zero-order valence-corrected chi connectivity index (χ0v) is 14.9. The Morgan fingerprint density at radius 1 is 1.08 bits per heavy atom. The summed E-state index contributed by atoms with van der Waals surface area (Å²) in [6.07, 6.45) is 0. The summed E-state index contributed by atoms with van der Waals surface area (Å²) in [5.74, 6) is 0. The third-order valence-corrected chi connectivity index (χ3v) is 5.96. The summed E-state index contributed by atoms with van der Waals surface area (Å²) in [5.41, 5.74) is 2.82. The molecule has 128 valence electrons. The predicted molar refractivity (Wildman–Crippen MR) is 92.4 cm³/mol. The molecule has 0 aromatic heterocycles. The maximum Gasteiger partial charge on any atom is 0.271 e. The normalized spacial score (nSPS) is 11.7. The van der Waals surface area contributed by atoms with Gasteiger partial charge in [0.1, 0.15) is 0 Å². The van der Waals surface area contributed by atoms with Crippen molar-refractivity contribution in [2.24, 2.45) is 0 Å². The van der Waals surface area contributed by atoms with Crippen LogP contribution in [0.25, 0.3) is 0 Å². The van der Waals surface area contributed by atoms with Crippen LogP contribution in [0.15, 0.2) is 41.3 Å². The zero-order chi connectivity index (χ0) is 18.1. The summed E-state index contributed by atoms with van der Waals surface area (Å²) in [6.45, 7) is 5.48. The van der Waals surface area contributed by atoms with E-state index in [4.69, 9.17) is 0 Å². The lowest BCUT2D eigenvalue weighted by Crippen LogP contribution is -2.27. The standard InChI is InChI=1S/C17H20N2O4S/c1-12-5-7-15(8-6-12)11-18(4)24(22,23)17-10-16(19(20)21)9-13(2)14(17)3/h5-10H,11H2,1-4H3. The minimum atomic E-state index is -3.83. The minimum Gasteiger partial charge on any atom is -0.258 e. The average molecular weight is 348 g/mol. The second-order valence-electron chi connectivity index (χ2n) is 5.89. The van der Waals surface area contributed by atoms with Crippen molar-refractivity contribution < 1.29 is 13.3 Å². The third-order valence-electron chi connectivity index (χ3n) is 4.03. The number of benzene rings is 2. The van der Waals surface area contributed by atoms with Gasteiger partial charge in [-0.2, -0.15) is 4.31 Å². The zero-order valence-electron chi connectivity index (χ0n) is 14.1. The Labute approximate surface area is 141 Å². The second kappa shape index (κ2) is 6.70. The van der Waals surface area contributed by atoms with Crippen LogP contribution in [-0.4, -0.2) is 24.7 Å². The lowest BCUT2D eigenvalue weighted by molar-refractivity contribution is -0.385. The third kappa shape index (κ3) is 3.63. The minimum absolute atomic E-state index is 0.0242. The SMILES string of the molecule is Cc1ccc(CN(C)S(=O)(=O)c2cc([N+](=O)[O-])cc(C)c2C)cc1. The Kier molecular flexibility index (Phi) is 5.05. The number of nitro benzene ring substituents is 1. The molecule has 0 heterocycles. The Bertz CT molecular complexity index is 874. The molecule has 0 spiro atoms. The summed E-state index contributed by atoms with van der Waals surface area (Å²) in [5, 5.41) is 11.0. The first-order chi connectivity index (χ1) is 11.1. The molecule has 2 rings (SSSR count). The molecule has 0 amide bonds. The summed E-state index contributed by atoms with van der Waals surface area (Å²) >= 11 is 0. The number of sulfonamides is 1. The highest BCUT2D eigenvalue weighted by Gasteiger charge is 2.26. The van der Waals surface area contributed by atoms with Gasteiger partial charge in [-0.3, -0.25) is 10.1 Å². The molecule has 0 saturated carbocycles. The van der Waals surface area contributed by atoms with Crippen LogP contribution < -0.4 is 0 Å². The molecule has 0 aliphatic heterocycles. The van der Waals surface area contributed by atoms with Crippen LogP contribution in [0, 0.1) is 30.9 Å². The number of non-ortho nitro benzene ring substituents is 1. The molecule has 6 nitrogen and oxygen atoms in total. The van der Waals surface area contributed by atoms with Gasteiger partial charge in [-0.15, -0.1) is 0 Å². The van der Waals surface area contributed by atoms with Gasteiger partial charge in [0, 0.05) is 25.7 Å². The highest BCUT2D eigenvalue weighted by atomic mass is 32.2. The van der Waals surface area contributed by atoms with Crippen LogP contribution in [0.4, 0.5) is 5.69 Å². The first-order valence-corrected chi connectivity index (χ1v) is 8.84. The van der Waals surface area contributed by atoms with E-state index in [1.54, 1.807) is 13.8 Å². The highest BCUT2D eigenvalue weighted by Crippen LogP contribution is 2.28. The number of hydrogen-bond acceptors (Lipinski definition) is 4. The van der Waals surface area contributed by atoms with Gasteiger partial charge in [-0.25, -0.2) is 8.42 Å². The summed E-state index contributed by atoms with van der Waals surface area (Å²) < 4.78 is 26.9. The van der Waals surface area contributed by atoms with Crippen LogP contribution in [0.1, 0.15) is 22.3 Å². The molecule has 0 unspecified atom stereocenters. The molecule has 0 atom stereocenters. The van der Waals surface area contributed by atoms with Gasteiger partial charge in [-0.05, 0) is 37.5 Å². The monoisotopic (exact) mass is 348 g/mol. The molecular weight excluding hydrogens is 328 g/mol.